The van der Waals surface area contributed by atoms with Gasteiger partial charge in [0.2, 0.25) is 5.91 Å². The van der Waals surface area contributed by atoms with E-state index in [1.165, 1.54) is 5.56 Å². The molecule has 1 radical (unpaired) electrons. The number of benzene rings is 1. The Morgan fingerprint density at radius 2 is 2.00 bits per heavy atom. The van der Waals surface area contributed by atoms with Crippen molar-refractivity contribution in [2.24, 2.45) is 0 Å². The number of rotatable bonds is 6. The van der Waals surface area contributed by atoms with Crippen molar-refractivity contribution in [3.8, 4) is 0 Å². The van der Waals surface area contributed by atoms with Gasteiger partial charge in [-0.2, -0.15) is 0 Å². The lowest BCUT2D eigenvalue weighted by atomic mass is 10.1. The van der Waals surface area contributed by atoms with Gasteiger partial charge in [0.05, 0.1) is 0 Å². The zero-order valence-electron chi connectivity index (χ0n) is 9.04. The van der Waals surface area contributed by atoms with Gasteiger partial charge in [0.15, 0.2) is 0 Å². The minimum atomic E-state index is 0.132. The minimum Gasteiger partial charge on any atom is -0.356 e. The molecule has 0 aliphatic heterocycles. The van der Waals surface area contributed by atoms with Crippen LogP contribution in [-0.4, -0.2) is 12.5 Å². The first-order valence-electron chi connectivity index (χ1n) is 5.43. The van der Waals surface area contributed by atoms with E-state index in [9.17, 15) is 4.79 Å². The van der Waals surface area contributed by atoms with Crippen molar-refractivity contribution in [1.29, 1.82) is 0 Å². The zero-order valence-corrected chi connectivity index (χ0v) is 9.04. The predicted octanol–water partition coefficient (Wildman–Crippen LogP) is 2.35. The summed E-state index contributed by atoms with van der Waals surface area (Å²) in [5.41, 5.74) is 1.21. The van der Waals surface area contributed by atoms with Gasteiger partial charge in [-0.3, -0.25) is 4.79 Å². The summed E-state index contributed by atoms with van der Waals surface area (Å²) in [5.74, 6) is 0.132. The van der Waals surface area contributed by atoms with Crippen LogP contribution < -0.4 is 5.32 Å². The van der Waals surface area contributed by atoms with E-state index in [-0.39, 0.29) is 5.91 Å². The summed E-state index contributed by atoms with van der Waals surface area (Å²) >= 11 is 0. The van der Waals surface area contributed by atoms with E-state index in [1.807, 2.05) is 30.3 Å². The largest absolute Gasteiger partial charge is 0.356 e. The van der Waals surface area contributed by atoms with Gasteiger partial charge in [-0.25, -0.2) is 0 Å². The molecule has 0 bridgehead atoms. The number of carbonyl (C=O) groups excluding carboxylic acids is 1. The number of unbranched alkanes of at least 4 members (excludes halogenated alkanes) is 1. The molecule has 15 heavy (non-hydrogen) atoms. The third-order valence-corrected chi connectivity index (χ3v) is 2.23. The Kier molecular flexibility index (Phi) is 5.52. The van der Waals surface area contributed by atoms with Crippen LogP contribution in [0, 0.1) is 6.92 Å². The normalized spacial score (nSPS) is 9.93. The molecule has 0 aliphatic carbocycles. The quantitative estimate of drug-likeness (QED) is 0.708. The van der Waals surface area contributed by atoms with Crippen LogP contribution in [0.25, 0.3) is 0 Å². The predicted molar refractivity (Wildman–Crippen MR) is 62.4 cm³/mol. The summed E-state index contributed by atoms with van der Waals surface area (Å²) in [6.45, 7) is 4.47. The maximum Gasteiger partial charge on any atom is 0.220 e. The molecule has 1 rings (SSSR count). The van der Waals surface area contributed by atoms with Gasteiger partial charge in [0, 0.05) is 13.0 Å². The van der Waals surface area contributed by atoms with Crippen LogP contribution in [0.3, 0.4) is 0 Å². The number of hydrogen-bond donors (Lipinski definition) is 1. The van der Waals surface area contributed by atoms with E-state index < -0.39 is 0 Å². The molecule has 0 spiro atoms. The summed E-state index contributed by atoms with van der Waals surface area (Å²) < 4.78 is 0. The Morgan fingerprint density at radius 3 is 2.67 bits per heavy atom. The number of nitrogens with one attached hydrogen (secondary N) is 1. The molecule has 2 nitrogen and oxygen atoms in total. The van der Waals surface area contributed by atoms with Gasteiger partial charge in [-0.15, -0.1) is 0 Å². The highest BCUT2D eigenvalue weighted by molar-refractivity contribution is 5.76. The molecule has 0 atom stereocenters. The molecule has 0 unspecified atom stereocenters. The molecule has 1 N–H and O–H groups in total. The highest BCUT2D eigenvalue weighted by atomic mass is 16.1. The monoisotopic (exact) mass is 204 g/mol. The first kappa shape index (κ1) is 11.8. The van der Waals surface area contributed by atoms with Gasteiger partial charge in [0.1, 0.15) is 0 Å². The van der Waals surface area contributed by atoms with Gasteiger partial charge < -0.3 is 5.32 Å². The van der Waals surface area contributed by atoms with Crippen molar-refractivity contribution >= 4 is 5.91 Å². The molecule has 1 amide bonds. The van der Waals surface area contributed by atoms with Crippen LogP contribution in [0.15, 0.2) is 30.3 Å². The number of carbonyl (C=O) groups is 1. The second-order valence-electron chi connectivity index (χ2n) is 3.54. The van der Waals surface area contributed by atoms with E-state index in [0.29, 0.717) is 6.42 Å². The third-order valence-electron chi connectivity index (χ3n) is 2.23. The zero-order chi connectivity index (χ0) is 10.9. The standard InChI is InChI=1S/C13H18NO/c1-2-3-11-14-13(15)10-9-12-7-5-4-6-8-12/h4-8H,1-3,9-11H2,(H,14,15). The summed E-state index contributed by atoms with van der Waals surface area (Å²) in [4.78, 5) is 11.4. The summed E-state index contributed by atoms with van der Waals surface area (Å²) in [6.07, 6.45) is 3.22. The van der Waals surface area contributed by atoms with E-state index in [1.54, 1.807) is 0 Å². The molecule has 2 heteroatoms. The molecule has 1 aromatic rings. The molecule has 0 fully saturated rings. The average Bonchev–Trinajstić information content (AvgIpc) is 2.28. The summed E-state index contributed by atoms with van der Waals surface area (Å²) in [5, 5.41) is 2.87. The molecular formula is C13H18NO. The SMILES string of the molecule is [CH2]CCCNC(=O)CCc1ccccc1. The average molecular weight is 204 g/mol. The van der Waals surface area contributed by atoms with Crippen molar-refractivity contribution in [2.45, 2.75) is 25.7 Å². The van der Waals surface area contributed by atoms with Crippen LogP contribution in [0.5, 0.6) is 0 Å². The van der Waals surface area contributed by atoms with Gasteiger partial charge in [-0.1, -0.05) is 43.7 Å². The Balaban J connectivity index is 2.17. The Bertz CT molecular complexity index is 282. The topological polar surface area (TPSA) is 29.1 Å². The molecule has 81 valence electrons. The first-order valence-corrected chi connectivity index (χ1v) is 5.43. The van der Waals surface area contributed by atoms with Crippen LogP contribution in [-0.2, 0) is 11.2 Å². The van der Waals surface area contributed by atoms with Crippen LogP contribution >= 0.6 is 0 Å². The van der Waals surface area contributed by atoms with Crippen molar-refractivity contribution in [3.63, 3.8) is 0 Å². The number of aryl methyl sites for hydroxylation is 1. The summed E-state index contributed by atoms with van der Waals surface area (Å²) in [6, 6.07) is 10.1. The first-order chi connectivity index (χ1) is 7.33. The Morgan fingerprint density at radius 1 is 1.27 bits per heavy atom. The molecule has 0 heterocycles. The Hall–Kier alpha value is -1.31. The van der Waals surface area contributed by atoms with Crippen LogP contribution in [0.4, 0.5) is 0 Å². The van der Waals surface area contributed by atoms with Crippen molar-refractivity contribution in [3.05, 3.63) is 42.8 Å². The van der Waals surface area contributed by atoms with Crippen LogP contribution in [0.2, 0.25) is 0 Å². The maximum atomic E-state index is 11.4. The highest BCUT2D eigenvalue weighted by Crippen LogP contribution is 2.01. The second-order valence-corrected chi connectivity index (χ2v) is 3.54. The molecule has 1 aromatic carbocycles. The molecular weight excluding hydrogens is 186 g/mol. The fourth-order valence-electron chi connectivity index (χ4n) is 1.34. The van der Waals surface area contributed by atoms with Gasteiger partial charge in [-0.05, 0) is 18.4 Å². The van der Waals surface area contributed by atoms with Gasteiger partial charge in [0.25, 0.3) is 0 Å². The number of hydrogen-bond acceptors (Lipinski definition) is 1. The lowest BCUT2D eigenvalue weighted by Gasteiger charge is -2.03. The van der Waals surface area contributed by atoms with Crippen molar-refractivity contribution in [1.82, 2.24) is 5.32 Å². The fraction of sp³-hybridized carbons (Fsp3) is 0.385. The third kappa shape index (κ3) is 5.21. The van der Waals surface area contributed by atoms with Crippen molar-refractivity contribution in [2.75, 3.05) is 6.54 Å². The van der Waals surface area contributed by atoms with Gasteiger partial charge >= 0.3 is 0 Å². The number of amides is 1. The lowest BCUT2D eigenvalue weighted by molar-refractivity contribution is -0.121. The minimum absolute atomic E-state index is 0.132. The van der Waals surface area contributed by atoms with E-state index >= 15 is 0 Å². The molecule has 0 aliphatic rings. The molecule has 0 aromatic heterocycles. The molecule has 0 saturated carbocycles. The smallest absolute Gasteiger partial charge is 0.220 e. The second kappa shape index (κ2) is 7.04. The molecule has 0 saturated heterocycles. The Labute approximate surface area is 91.7 Å². The van der Waals surface area contributed by atoms with E-state index in [2.05, 4.69) is 12.2 Å². The maximum absolute atomic E-state index is 11.4. The van der Waals surface area contributed by atoms with E-state index in [0.717, 1.165) is 25.8 Å². The highest BCUT2D eigenvalue weighted by Gasteiger charge is 2.00. The van der Waals surface area contributed by atoms with Crippen LogP contribution in [0.1, 0.15) is 24.8 Å². The van der Waals surface area contributed by atoms with Crippen molar-refractivity contribution < 1.29 is 4.79 Å². The van der Waals surface area contributed by atoms with E-state index in [4.69, 9.17) is 0 Å². The lowest BCUT2D eigenvalue weighted by Crippen LogP contribution is -2.24. The fourth-order valence-corrected chi connectivity index (χ4v) is 1.34. The summed E-state index contributed by atoms with van der Waals surface area (Å²) in [7, 11) is 0.